The van der Waals surface area contributed by atoms with E-state index >= 15 is 0 Å². The Morgan fingerprint density at radius 2 is 2.39 bits per heavy atom. The topological polar surface area (TPSA) is 59.3 Å². The summed E-state index contributed by atoms with van der Waals surface area (Å²) in [7, 11) is 0. The van der Waals surface area contributed by atoms with Gasteiger partial charge in [0.2, 0.25) is 0 Å². The molecular weight excluding hydrogens is 230 g/mol. The lowest BCUT2D eigenvalue weighted by Crippen LogP contribution is -2.25. The number of rotatable bonds is 4. The van der Waals surface area contributed by atoms with E-state index in [0.29, 0.717) is 17.6 Å². The van der Waals surface area contributed by atoms with Gasteiger partial charge >= 0.3 is 0 Å². The molecule has 2 rings (SSSR count). The average molecular weight is 245 g/mol. The van der Waals surface area contributed by atoms with E-state index < -0.39 is 5.92 Å². The highest BCUT2D eigenvalue weighted by molar-refractivity contribution is 5.66. The van der Waals surface area contributed by atoms with E-state index in [4.69, 9.17) is 14.7 Å². The summed E-state index contributed by atoms with van der Waals surface area (Å²) in [5, 5.41) is 8.85. The molecule has 4 heteroatoms. The number of aldehydes is 1. The lowest BCUT2D eigenvalue weighted by molar-refractivity contribution is -0.108. The number of hydrogen-bond acceptors (Lipinski definition) is 4. The first kappa shape index (κ1) is 12.6. The molecule has 1 aromatic rings. The standard InChI is InChI=1S/C14H15NO3/c15-9-12(10-16)11-4-3-5-13(8-11)18-14-6-1-2-7-17-14/h3-5,8,10,12,14H,1-2,6-7H2. The molecule has 0 spiro atoms. The van der Waals surface area contributed by atoms with Crippen LogP contribution in [0.25, 0.3) is 0 Å². The Hall–Kier alpha value is -1.86. The van der Waals surface area contributed by atoms with Gasteiger partial charge in [-0.25, -0.2) is 0 Å². The molecule has 0 N–H and O–H groups in total. The number of nitrogens with zero attached hydrogens (tertiary/aromatic N) is 1. The summed E-state index contributed by atoms with van der Waals surface area (Å²) >= 11 is 0. The van der Waals surface area contributed by atoms with Crippen molar-refractivity contribution in [1.29, 1.82) is 5.26 Å². The summed E-state index contributed by atoms with van der Waals surface area (Å²) in [4.78, 5) is 10.7. The highest BCUT2D eigenvalue weighted by Crippen LogP contribution is 2.23. The van der Waals surface area contributed by atoms with E-state index in [1.165, 1.54) is 0 Å². The number of carbonyl (C=O) groups is 1. The van der Waals surface area contributed by atoms with Gasteiger partial charge in [0.05, 0.1) is 12.7 Å². The molecule has 1 aliphatic rings. The second-order valence-electron chi connectivity index (χ2n) is 4.23. The highest BCUT2D eigenvalue weighted by Gasteiger charge is 2.16. The second kappa shape index (κ2) is 6.18. The third kappa shape index (κ3) is 3.08. The SMILES string of the molecule is N#CC(C=O)c1cccc(OC2CCCCO2)c1. The number of nitriles is 1. The Balaban J connectivity index is 2.07. The minimum atomic E-state index is -0.735. The summed E-state index contributed by atoms with van der Waals surface area (Å²) < 4.78 is 11.2. The van der Waals surface area contributed by atoms with Gasteiger partial charge in [0.25, 0.3) is 0 Å². The Morgan fingerprint density at radius 1 is 1.50 bits per heavy atom. The molecule has 1 heterocycles. The predicted octanol–water partition coefficient (Wildman–Crippen LogP) is 2.40. The lowest BCUT2D eigenvalue weighted by atomic mass is 10.0. The van der Waals surface area contributed by atoms with Crippen LogP contribution in [0.1, 0.15) is 30.7 Å². The fourth-order valence-corrected chi connectivity index (χ4v) is 1.92. The van der Waals surface area contributed by atoms with E-state index in [-0.39, 0.29) is 6.29 Å². The number of benzene rings is 1. The second-order valence-corrected chi connectivity index (χ2v) is 4.23. The first-order chi connectivity index (χ1) is 8.83. The van der Waals surface area contributed by atoms with E-state index in [1.807, 2.05) is 6.07 Å². The molecule has 2 atom stereocenters. The molecule has 0 aromatic heterocycles. The zero-order valence-electron chi connectivity index (χ0n) is 10.0. The van der Waals surface area contributed by atoms with Gasteiger partial charge in [0.1, 0.15) is 18.0 Å². The molecule has 0 radical (unpaired) electrons. The summed E-state index contributed by atoms with van der Waals surface area (Å²) in [6, 6.07) is 9.00. The Kier molecular flexibility index (Phi) is 4.32. The van der Waals surface area contributed by atoms with Crippen LogP contribution in [0.5, 0.6) is 5.75 Å². The van der Waals surface area contributed by atoms with E-state index in [2.05, 4.69) is 0 Å². The van der Waals surface area contributed by atoms with Gasteiger partial charge in [-0.15, -0.1) is 0 Å². The number of hydrogen-bond donors (Lipinski definition) is 0. The van der Waals surface area contributed by atoms with E-state index in [1.54, 1.807) is 24.3 Å². The van der Waals surface area contributed by atoms with Gasteiger partial charge in [-0.05, 0) is 30.5 Å². The van der Waals surface area contributed by atoms with Gasteiger partial charge in [-0.2, -0.15) is 5.26 Å². The predicted molar refractivity (Wildman–Crippen MR) is 65.1 cm³/mol. The number of ether oxygens (including phenoxy) is 2. The van der Waals surface area contributed by atoms with Gasteiger partial charge in [0.15, 0.2) is 6.29 Å². The maximum absolute atomic E-state index is 10.7. The fraction of sp³-hybridized carbons (Fsp3) is 0.429. The van der Waals surface area contributed by atoms with Crippen LogP contribution >= 0.6 is 0 Å². The fourth-order valence-electron chi connectivity index (χ4n) is 1.92. The van der Waals surface area contributed by atoms with Crippen molar-refractivity contribution in [2.75, 3.05) is 6.61 Å². The summed E-state index contributed by atoms with van der Waals surface area (Å²) in [6.07, 6.45) is 3.46. The van der Waals surface area contributed by atoms with E-state index in [0.717, 1.165) is 25.9 Å². The third-order valence-corrected chi connectivity index (χ3v) is 2.90. The van der Waals surface area contributed by atoms with Crippen LogP contribution in [0.4, 0.5) is 0 Å². The molecule has 0 amide bonds. The van der Waals surface area contributed by atoms with E-state index in [9.17, 15) is 4.79 Å². The van der Waals surface area contributed by atoms with Crippen molar-refractivity contribution in [3.05, 3.63) is 29.8 Å². The molecular formula is C14H15NO3. The van der Waals surface area contributed by atoms with Crippen molar-refractivity contribution >= 4 is 6.29 Å². The van der Waals surface area contributed by atoms with Crippen LogP contribution in [0, 0.1) is 11.3 Å². The van der Waals surface area contributed by atoms with Crippen LogP contribution in [0.2, 0.25) is 0 Å². The quantitative estimate of drug-likeness (QED) is 0.764. The first-order valence-electron chi connectivity index (χ1n) is 6.06. The van der Waals surface area contributed by atoms with Crippen molar-refractivity contribution in [3.63, 3.8) is 0 Å². The minimum absolute atomic E-state index is 0.217. The average Bonchev–Trinajstić information content (AvgIpc) is 2.42. The van der Waals surface area contributed by atoms with Crippen molar-refractivity contribution < 1.29 is 14.3 Å². The maximum Gasteiger partial charge on any atom is 0.199 e. The highest BCUT2D eigenvalue weighted by atomic mass is 16.7. The molecule has 2 unspecified atom stereocenters. The molecule has 0 aliphatic carbocycles. The molecule has 0 saturated carbocycles. The third-order valence-electron chi connectivity index (χ3n) is 2.90. The van der Waals surface area contributed by atoms with Crippen molar-refractivity contribution in [2.45, 2.75) is 31.5 Å². The van der Waals surface area contributed by atoms with Crippen molar-refractivity contribution in [3.8, 4) is 11.8 Å². The Bertz CT molecular complexity index is 447. The molecule has 1 fully saturated rings. The summed E-state index contributed by atoms with van der Waals surface area (Å²) in [6.45, 7) is 0.722. The molecule has 1 saturated heterocycles. The van der Waals surface area contributed by atoms with Gasteiger partial charge in [0, 0.05) is 6.42 Å². The zero-order chi connectivity index (χ0) is 12.8. The molecule has 1 aliphatic heterocycles. The first-order valence-corrected chi connectivity index (χ1v) is 6.06. The molecule has 0 bridgehead atoms. The molecule has 4 nitrogen and oxygen atoms in total. The monoisotopic (exact) mass is 245 g/mol. The maximum atomic E-state index is 10.7. The smallest absolute Gasteiger partial charge is 0.199 e. The van der Waals surface area contributed by atoms with Gasteiger partial charge in [-0.3, -0.25) is 0 Å². The van der Waals surface area contributed by atoms with Gasteiger partial charge < -0.3 is 14.3 Å². The molecule has 94 valence electrons. The lowest BCUT2D eigenvalue weighted by Gasteiger charge is -2.23. The van der Waals surface area contributed by atoms with Gasteiger partial charge in [-0.1, -0.05) is 12.1 Å². The largest absolute Gasteiger partial charge is 0.465 e. The van der Waals surface area contributed by atoms with Crippen LogP contribution < -0.4 is 4.74 Å². The number of carbonyl (C=O) groups excluding carboxylic acids is 1. The van der Waals surface area contributed by atoms with Crippen LogP contribution in [-0.4, -0.2) is 19.2 Å². The zero-order valence-corrected chi connectivity index (χ0v) is 10.0. The Morgan fingerprint density at radius 3 is 3.06 bits per heavy atom. The molecule has 18 heavy (non-hydrogen) atoms. The van der Waals surface area contributed by atoms with Crippen LogP contribution in [-0.2, 0) is 9.53 Å². The van der Waals surface area contributed by atoms with Crippen molar-refractivity contribution in [2.24, 2.45) is 0 Å². The minimum Gasteiger partial charge on any atom is -0.465 e. The van der Waals surface area contributed by atoms with Crippen molar-refractivity contribution in [1.82, 2.24) is 0 Å². The summed E-state index contributed by atoms with van der Waals surface area (Å²) in [5.41, 5.74) is 0.654. The molecule has 1 aromatic carbocycles. The Labute approximate surface area is 106 Å². The normalized spacial score (nSPS) is 20.7. The van der Waals surface area contributed by atoms with Crippen LogP contribution in [0.3, 0.4) is 0 Å². The summed E-state index contributed by atoms with van der Waals surface area (Å²) in [5.74, 6) is -0.0951. The van der Waals surface area contributed by atoms with Crippen LogP contribution in [0.15, 0.2) is 24.3 Å².